The lowest BCUT2D eigenvalue weighted by molar-refractivity contribution is -0.115. The standard InChI is InChI=1S/C10H8ClN3O/c11-7-1-2-9-8(5-7)13-10(15)6-14(9)4-3-12/h1-2,5H,4,6H2,(H,13,15). The van der Waals surface area contributed by atoms with E-state index in [4.69, 9.17) is 16.9 Å². The molecule has 0 saturated carbocycles. The van der Waals surface area contributed by atoms with Crippen LogP contribution >= 0.6 is 11.6 Å². The van der Waals surface area contributed by atoms with Crippen molar-refractivity contribution in [2.24, 2.45) is 0 Å². The maximum absolute atomic E-state index is 11.3. The molecule has 0 aliphatic carbocycles. The lowest BCUT2D eigenvalue weighted by atomic mass is 10.2. The highest BCUT2D eigenvalue weighted by Gasteiger charge is 2.21. The third-order valence-electron chi connectivity index (χ3n) is 2.17. The van der Waals surface area contributed by atoms with Crippen molar-refractivity contribution in [3.8, 4) is 6.07 Å². The molecule has 0 atom stereocenters. The molecule has 0 radical (unpaired) electrons. The fourth-order valence-electron chi connectivity index (χ4n) is 1.56. The number of amides is 1. The van der Waals surface area contributed by atoms with Crippen LogP contribution in [0.4, 0.5) is 11.4 Å². The summed E-state index contributed by atoms with van der Waals surface area (Å²) in [6.45, 7) is 0.407. The monoisotopic (exact) mass is 221 g/mol. The number of anilines is 2. The van der Waals surface area contributed by atoms with Crippen LogP contribution in [0.25, 0.3) is 0 Å². The second kappa shape index (κ2) is 3.79. The van der Waals surface area contributed by atoms with Crippen molar-refractivity contribution >= 4 is 28.9 Å². The van der Waals surface area contributed by atoms with Crippen molar-refractivity contribution in [3.63, 3.8) is 0 Å². The lowest BCUT2D eigenvalue weighted by Crippen LogP contribution is -2.38. The van der Waals surface area contributed by atoms with Gasteiger partial charge in [0.2, 0.25) is 5.91 Å². The molecular formula is C10H8ClN3O. The van der Waals surface area contributed by atoms with Gasteiger partial charge in [-0.25, -0.2) is 0 Å². The maximum Gasteiger partial charge on any atom is 0.243 e. The highest BCUT2D eigenvalue weighted by atomic mass is 35.5. The SMILES string of the molecule is N#CCN1CC(=O)Nc2cc(Cl)ccc21. The van der Waals surface area contributed by atoms with Crippen molar-refractivity contribution in [2.45, 2.75) is 0 Å². The molecule has 0 saturated heterocycles. The number of hydrogen-bond donors (Lipinski definition) is 1. The number of carbonyl (C=O) groups excluding carboxylic acids is 1. The normalized spacial score (nSPS) is 14.1. The summed E-state index contributed by atoms with van der Waals surface area (Å²) in [5.74, 6) is -0.125. The van der Waals surface area contributed by atoms with Gasteiger partial charge >= 0.3 is 0 Å². The minimum absolute atomic E-state index is 0.125. The van der Waals surface area contributed by atoms with Crippen LogP contribution in [0.3, 0.4) is 0 Å². The molecule has 2 rings (SSSR count). The Morgan fingerprint density at radius 3 is 3.13 bits per heavy atom. The molecule has 1 aromatic carbocycles. The van der Waals surface area contributed by atoms with Gasteiger partial charge in [-0.1, -0.05) is 11.6 Å². The molecule has 4 nitrogen and oxygen atoms in total. The van der Waals surface area contributed by atoms with Crippen molar-refractivity contribution in [2.75, 3.05) is 23.3 Å². The smallest absolute Gasteiger partial charge is 0.243 e. The average Bonchev–Trinajstić information content (AvgIpc) is 2.17. The second-order valence-corrected chi connectivity index (χ2v) is 3.66. The topological polar surface area (TPSA) is 56.1 Å². The van der Waals surface area contributed by atoms with Gasteiger partial charge < -0.3 is 10.2 Å². The van der Waals surface area contributed by atoms with Crippen molar-refractivity contribution in [1.29, 1.82) is 5.26 Å². The zero-order valence-corrected chi connectivity index (χ0v) is 8.58. The summed E-state index contributed by atoms with van der Waals surface area (Å²) in [5, 5.41) is 11.9. The van der Waals surface area contributed by atoms with E-state index < -0.39 is 0 Å². The van der Waals surface area contributed by atoms with E-state index in [0.29, 0.717) is 10.7 Å². The zero-order chi connectivity index (χ0) is 10.8. The Morgan fingerprint density at radius 2 is 2.40 bits per heavy atom. The molecule has 1 amide bonds. The molecule has 0 bridgehead atoms. The first kappa shape index (κ1) is 9.81. The summed E-state index contributed by atoms with van der Waals surface area (Å²) in [7, 11) is 0. The molecule has 5 heteroatoms. The Balaban J connectivity index is 2.42. The Bertz CT molecular complexity index is 452. The van der Waals surface area contributed by atoms with E-state index in [1.165, 1.54) is 0 Å². The quantitative estimate of drug-likeness (QED) is 0.734. The second-order valence-electron chi connectivity index (χ2n) is 3.22. The Kier molecular flexibility index (Phi) is 2.48. The van der Waals surface area contributed by atoms with E-state index in [0.717, 1.165) is 5.69 Å². The van der Waals surface area contributed by atoms with Gasteiger partial charge in [-0.2, -0.15) is 5.26 Å². The summed E-state index contributed by atoms with van der Waals surface area (Å²) < 4.78 is 0. The van der Waals surface area contributed by atoms with E-state index in [2.05, 4.69) is 5.32 Å². The minimum atomic E-state index is -0.125. The molecule has 1 aromatic rings. The summed E-state index contributed by atoms with van der Waals surface area (Å²) >= 11 is 5.81. The number of benzene rings is 1. The predicted molar refractivity (Wildman–Crippen MR) is 57.9 cm³/mol. The van der Waals surface area contributed by atoms with Crippen LogP contribution in [-0.2, 0) is 4.79 Å². The van der Waals surface area contributed by atoms with Gasteiger partial charge in [0, 0.05) is 5.02 Å². The van der Waals surface area contributed by atoms with Gasteiger partial charge in [0.25, 0.3) is 0 Å². The molecule has 1 N–H and O–H groups in total. The highest BCUT2D eigenvalue weighted by Crippen LogP contribution is 2.31. The molecule has 0 fully saturated rings. The first-order valence-electron chi connectivity index (χ1n) is 4.42. The van der Waals surface area contributed by atoms with E-state index in [9.17, 15) is 4.79 Å². The van der Waals surface area contributed by atoms with Gasteiger partial charge in [0.05, 0.1) is 24.0 Å². The Morgan fingerprint density at radius 1 is 1.60 bits per heavy atom. The molecule has 1 heterocycles. The van der Waals surface area contributed by atoms with E-state index in [1.54, 1.807) is 23.1 Å². The van der Waals surface area contributed by atoms with Crippen LogP contribution in [0.15, 0.2) is 18.2 Å². The molecule has 76 valence electrons. The first-order valence-corrected chi connectivity index (χ1v) is 4.80. The van der Waals surface area contributed by atoms with Gasteiger partial charge in [-0.15, -0.1) is 0 Å². The largest absolute Gasteiger partial charge is 0.347 e. The number of fused-ring (bicyclic) bond motifs is 1. The van der Waals surface area contributed by atoms with E-state index >= 15 is 0 Å². The first-order chi connectivity index (χ1) is 7.20. The molecule has 15 heavy (non-hydrogen) atoms. The van der Waals surface area contributed by atoms with Crippen LogP contribution < -0.4 is 10.2 Å². The van der Waals surface area contributed by atoms with Crippen molar-refractivity contribution < 1.29 is 4.79 Å². The predicted octanol–water partition coefficient (Wildman–Crippen LogP) is 1.62. The van der Waals surface area contributed by atoms with Crippen LogP contribution in [0.5, 0.6) is 0 Å². The third-order valence-corrected chi connectivity index (χ3v) is 2.40. The van der Waals surface area contributed by atoms with Crippen molar-refractivity contribution in [1.82, 2.24) is 0 Å². The number of nitriles is 1. The van der Waals surface area contributed by atoms with Crippen molar-refractivity contribution in [3.05, 3.63) is 23.2 Å². The summed E-state index contributed by atoms with van der Waals surface area (Å²) in [6.07, 6.45) is 0. The number of carbonyl (C=O) groups is 1. The maximum atomic E-state index is 11.3. The average molecular weight is 222 g/mol. The van der Waals surface area contributed by atoms with Gasteiger partial charge in [0.1, 0.15) is 6.54 Å². The van der Waals surface area contributed by atoms with Crippen LogP contribution in [0.1, 0.15) is 0 Å². The fourth-order valence-corrected chi connectivity index (χ4v) is 1.73. The fraction of sp³-hybridized carbons (Fsp3) is 0.200. The molecule has 1 aliphatic heterocycles. The van der Waals surface area contributed by atoms with E-state index in [-0.39, 0.29) is 19.0 Å². The lowest BCUT2D eigenvalue weighted by Gasteiger charge is -2.28. The molecule has 0 spiro atoms. The summed E-state index contributed by atoms with van der Waals surface area (Å²) in [6, 6.07) is 7.24. The molecule has 0 aromatic heterocycles. The van der Waals surface area contributed by atoms with Crippen LogP contribution in [-0.4, -0.2) is 19.0 Å². The van der Waals surface area contributed by atoms with E-state index in [1.807, 2.05) is 6.07 Å². The number of nitrogens with zero attached hydrogens (tertiary/aromatic N) is 2. The number of halogens is 1. The number of hydrogen-bond acceptors (Lipinski definition) is 3. The Labute approximate surface area is 92.1 Å². The number of nitrogens with one attached hydrogen (secondary N) is 1. The number of rotatable bonds is 1. The zero-order valence-electron chi connectivity index (χ0n) is 7.83. The van der Waals surface area contributed by atoms with Crippen LogP contribution in [0, 0.1) is 11.3 Å². The molecule has 1 aliphatic rings. The molecule has 0 unspecified atom stereocenters. The summed E-state index contributed by atoms with van der Waals surface area (Å²) in [4.78, 5) is 13.0. The summed E-state index contributed by atoms with van der Waals surface area (Å²) in [5.41, 5.74) is 1.49. The Hall–Kier alpha value is -1.73. The minimum Gasteiger partial charge on any atom is -0.347 e. The van der Waals surface area contributed by atoms with Gasteiger partial charge in [-0.3, -0.25) is 4.79 Å². The van der Waals surface area contributed by atoms with Gasteiger partial charge in [-0.05, 0) is 18.2 Å². The van der Waals surface area contributed by atoms with Crippen LogP contribution in [0.2, 0.25) is 5.02 Å². The highest BCUT2D eigenvalue weighted by molar-refractivity contribution is 6.31. The van der Waals surface area contributed by atoms with Gasteiger partial charge in [0.15, 0.2) is 0 Å². The molecular weight excluding hydrogens is 214 g/mol. The third kappa shape index (κ3) is 1.88.